The lowest BCUT2D eigenvalue weighted by molar-refractivity contribution is 0.595. The first-order valence-corrected chi connectivity index (χ1v) is 11.0. The number of nitrogens with zero attached hydrogens (tertiary/aromatic N) is 1. The van der Waals surface area contributed by atoms with Gasteiger partial charge in [0.05, 0.1) is 12.3 Å². The Morgan fingerprint density at radius 2 is 2.04 bits per heavy atom. The van der Waals surface area contributed by atoms with E-state index in [9.17, 15) is 8.42 Å². The minimum atomic E-state index is -2.96. The van der Waals surface area contributed by atoms with Crippen LogP contribution in [0.3, 0.4) is 0 Å². The van der Waals surface area contributed by atoms with Gasteiger partial charge in [-0.3, -0.25) is 4.99 Å². The summed E-state index contributed by atoms with van der Waals surface area (Å²) in [5.41, 5.74) is 1.44. The lowest BCUT2D eigenvalue weighted by Crippen LogP contribution is -2.40. The van der Waals surface area contributed by atoms with E-state index in [1.54, 1.807) is 6.92 Å². The molecule has 0 atom stereocenters. The Hall–Kier alpha value is -1.08. The van der Waals surface area contributed by atoms with Crippen LogP contribution in [-0.2, 0) is 15.3 Å². The third-order valence-corrected chi connectivity index (χ3v) is 6.52. The molecule has 1 aliphatic rings. The van der Waals surface area contributed by atoms with Crippen molar-refractivity contribution in [2.75, 3.05) is 31.1 Å². The van der Waals surface area contributed by atoms with Gasteiger partial charge in [-0.25, -0.2) is 8.42 Å². The molecular formula is C17H26BrN3O2S. The predicted octanol–water partition coefficient (Wildman–Crippen LogP) is 2.47. The summed E-state index contributed by atoms with van der Waals surface area (Å²) >= 11 is 3.53. The van der Waals surface area contributed by atoms with Crippen LogP contribution >= 0.6 is 15.9 Å². The van der Waals surface area contributed by atoms with Gasteiger partial charge in [-0.1, -0.05) is 35.0 Å². The standard InChI is InChI=1S/C17H26BrN3O2S/c1-3-19-16(20-10-11-24(22,23)4-2)21-13-17(8-9-17)14-6-5-7-15(18)12-14/h5-7,12H,3-4,8-11,13H2,1-2H3,(H2,19,20,21). The predicted molar refractivity (Wildman–Crippen MR) is 103 cm³/mol. The Kier molecular flexibility index (Phi) is 6.69. The van der Waals surface area contributed by atoms with Gasteiger partial charge in [0.1, 0.15) is 0 Å². The fourth-order valence-electron chi connectivity index (χ4n) is 2.55. The molecule has 0 heterocycles. The van der Waals surface area contributed by atoms with Crippen LogP contribution in [0.5, 0.6) is 0 Å². The molecule has 1 aromatic carbocycles. The first-order chi connectivity index (χ1) is 11.4. The number of hydrogen-bond acceptors (Lipinski definition) is 3. The molecular weight excluding hydrogens is 390 g/mol. The van der Waals surface area contributed by atoms with Gasteiger partial charge >= 0.3 is 0 Å². The highest BCUT2D eigenvalue weighted by molar-refractivity contribution is 9.10. The van der Waals surface area contributed by atoms with E-state index in [0.29, 0.717) is 19.0 Å². The van der Waals surface area contributed by atoms with Crippen LogP contribution in [0.15, 0.2) is 33.7 Å². The van der Waals surface area contributed by atoms with Crippen molar-refractivity contribution < 1.29 is 8.42 Å². The molecule has 0 unspecified atom stereocenters. The highest BCUT2D eigenvalue weighted by Crippen LogP contribution is 2.48. The van der Waals surface area contributed by atoms with Crippen molar-refractivity contribution in [1.29, 1.82) is 0 Å². The molecule has 5 nitrogen and oxygen atoms in total. The lowest BCUT2D eigenvalue weighted by atomic mass is 9.96. The second-order valence-corrected chi connectivity index (χ2v) is 9.54. The molecule has 0 aromatic heterocycles. The average molecular weight is 416 g/mol. The van der Waals surface area contributed by atoms with E-state index in [-0.39, 0.29) is 16.9 Å². The van der Waals surface area contributed by atoms with Crippen molar-refractivity contribution in [2.45, 2.75) is 32.1 Å². The number of hydrogen-bond donors (Lipinski definition) is 2. The van der Waals surface area contributed by atoms with E-state index in [2.05, 4.69) is 49.8 Å². The zero-order valence-corrected chi connectivity index (χ0v) is 16.7. The summed E-state index contributed by atoms with van der Waals surface area (Å²) in [6.07, 6.45) is 2.27. The molecule has 0 amide bonds. The topological polar surface area (TPSA) is 70.6 Å². The van der Waals surface area contributed by atoms with E-state index in [1.165, 1.54) is 5.56 Å². The number of guanidine groups is 1. The van der Waals surface area contributed by atoms with Gasteiger partial charge in [0.25, 0.3) is 0 Å². The third kappa shape index (κ3) is 5.48. The van der Waals surface area contributed by atoms with Crippen LogP contribution in [0.2, 0.25) is 0 Å². The van der Waals surface area contributed by atoms with Crippen molar-refractivity contribution in [1.82, 2.24) is 10.6 Å². The summed E-state index contributed by atoms with van der Waals surface area (Å²) in [5.74, 6) is 0.990. The van der Waals surface area contributed by atoms with Crippen LogP contribution < -0.4 is 10.6 Å². The number of aliphatic imine (C=N–C) groups is 1. The summed E-state index contributed by atoms with van der Waals surface area (Å²) < 4.78 is 24.2. The molecule has 1 aliphatic carbocycles. The van der Waals surface area contributed by atoms with Gasteiger partial charge in [-0.2, -0.15) is 0 Å². The maximum Gasteiger partial charge on any atom is 0.191 e. The van der Waals surface area contributed by atoms with Crippen LogP contribution in [0.25, 0.3) is 0 Å². The second-order valence-electron chi connectivity index (χ2n) is 6.15. The van der Waals surface area contributed by atoms with Crippen molar-refractivity contribution >= 4 is 31.7 Å². The van der Waals surface area contributed by atoms with Gasteiger partial charge in [-0.15, -0.1) is 0 Å². The number of halogens is 1. The van der Waals surface area contributed by atoms with Gasteiger partial charge in [0.2, 0.25) is 0 Å². The first-order valence-electron chi connectivity index (χ1n) is 8.39. The van der Waals surface area contributed by atoms with E-state index in [1.807, 2.05) is 13.0 Å². The molecule has 0 saturated heterocycles. The number of benzene rings is 1. The number of sulfone groups is 1. The molecule has 1 aromatic rings. The zero-order chi connectivity index (χ0) is 17.6. The molecule has 1 saturated carbocycles. The van der Waals surface area contributed by atoms with Gasteiger partial charge < -0.3 is 10.6 Å². The fourth-order valence-corrected chi connectivity index (χ4v) is 3.65. The lowest BCUT2D eigenvalue weighted by Gasteiger charge is -2.16. The molecule has 134 valence electrons. The summed E-state index contributed by atoms with van der Waals surface area (Å²) in [7, 11) is -2.96. The second kappa shape index (κ2) is 8.34. The van der Waals surface area contributed by atoms with Crippen LogP contribution in [0, 0.1) is 0 Å². The molecule has 0 radical (unpaired) electrons. The molecule has 7 heteroatoms. The van der Waals surface area contributed by atoms with E-state index in [4.69, 9.17) is 0 Å². The molecule has 24 heavy (non-hydrogen) atoms. The first kappa shape index (κ1) is 19.2. The Morgan fingerprint density at radius 1 is 1.29 bits per heavy atom. The Labute approximate surface area is 153 Å². The summed E-state index contributed by atoms with van der Waals surface area (Å²) in [6, 6.07) is 8.41. The Morgan fingerprint density at radius 3 is 2.62 bits per heavy atom. The van der Waals surface area contributed by atoms with Crippen molar-refractivity contribution in [2.24, 2.45) is 4.99 Å². The monoisotopic (exact) mass is 415 g/mol. The molecule has 2 N–H and O–H groups in total. The SMILES string of the molecule is CCNC(=NCC1(c2cccc(Br)c2)CC1)NCCS(=O)(=O)CC. The van der Waals surface area contributed by atoms with E-state index < -0.39 is 9.84 Å². The minimum Gasteiger partial charge on any atom is -0.357 e. The summed E-state index contributed by atoms with van der Waals surface area (Å²) in [4.78, 5) is 4.68. The third-order valence-electron chi connectivity index (χ3n) is 4.32. The van der Waals surface area contributed by atoms with Crippen molar-refractivity contribution in [3.05, 3.63) is 34.3 Å². The van der Waals surface area contributed by atoms with Crippen molar-refractivity contribution in [3.63, 3.8) is 0 Å². The largest absolute Gasteiger partial charge is 0.357 e. The smallest absolute Gasteiger partial charge is 0.191 e. The molecule has 0 aliphatic heterocycles. The Balaban J connectivity index is 1.98. The van der Waals surface area contributed by atoms with Crippen LogP contribution in [-0.4, -0.2) is 45.5 Å². The normalized spacial score (nSPS) is 16.7. The highest BCUT2D eigenvalue weighted by atomic mass is 79.9. The quantitative estimate of drug-likeness (QED) is 0.505. The maximum absolute atomic E-state index is 11.6. The summed E-state index contributed by atoms with van der Waals surface area (Å²) in [6.45, 7) is 5.51. The van der Waals surface area contributed by atoms with Gasteiger partial charge in [0, 0.05) is 28.7 Å². The van der Waals surface area contributed by atoms with E-state index in [0.717, 1.165) is 23.9 Å². The fraction of sp³-hybridized carbons (Fsp3) is 0.588. The minimum absolute atomic E-state index is 0.127. The molecule has 0 bridgehead atoms. The average Bonchev–Trinajstić information content (AvgIpc) is 3.34. The molecule has 1 fully saturated rings. The Bertz CT molecular complexity index is 685. The number of rotatable bonds is 8. The van der Waals surface area contributed by atoms with Gasteiger partial charge in [-0.05, 0) is 37.5 Å². The summed E-state index contributed by atoms with van der Waals surface area (Å²) in [5, 5.41) is 6.31. The van der Waals surface area contributed by atoms with Gasteiger partial charge in [0.15, 0.2) is 15.8 Å². The zero-order valence-electron chi connectivity index (χ0n) is 14.3. The van der Waals surface area contributed by atoms with Crippen LogP contribution in [0.1, 0.15) is 32.3 Å². The highest BCUT2D eigenvalue weighted by Gasteiger charge is 2.44. The number of nitrogens with one attached hydrogen (secondary N) is 2. The molecule has 2 rings (SSSR count). The molecule has 0 spiro atoms. The van der Waals surface area contributed by atoms with Crippen LogP contribution in [0.4, 0.5) is 0 Å². The van der Waals surface area contributed by atoms with E-state index >= 15 is 0 Å². The van der Waals surface area contributed by atoms with Crippen molar-refractivity contribution in [3.8, 4) is 0 Å². The maximum atomic E-state index is 11.6.